The van der Waals surface area contributed by atoms with Crippen molar-refractivity contribution in [3.8, 4) is 0 Å². The zero-order valence-electron chi connectivity index (χ0n) is 9.27. The van der Waals surface area contributed by atoms with Crippen molar-refractivity contribution in [2.75, 3.05) is 19.3 Å². The van der Waals surface area contributed by atoms with Crippen LogP contribution in [-0.2, 0) is 15.6 Å². The van der Waals surface area contributed by atoms with Crippen molar-refractivity contribution in [2.45, 2.75) is 11.8 Å². The zero-order valence-corrected chi connectivity index (χ0v) is 10.1. The van der Waals surface area contributed by atoms with E-state index < -0.39 is 16.6 Å². The summed E-state index contributed by atoms with van der Waals surface area (Å²) in [6.07, 6.45) is 0. The van der Waals surface area contributed by atoms with Gasteiger partial charge in [0.25, 0.3) is 0 Å². The van der Waals surface area contributed by atoms with Crippen molar-refractivity contribution in [3.63, 3.8) is 0 Å². The molecule has 1 unspecified atom stereocenters. The van der Waals surface area contributed by atoms with Crippen molar-refractivity contribution in [3.05, 3.63) is 30.1 Å². The van der Waals surface area contributed by atoms with E-state index in [0.29, 0.717) is 11.4 Å². The highest BCUT2D eigenvalue weighted by molar-refractivity contribution is 7.85. The van der Waals surface area contributed by atoms with E-state index in [1.54, 1.807) is 13.1 Å². The van der Waals surface area contributed by atoms with Crippen molar-refractivity contribution >= 4 is 16.7 Å². The Morgan fingerprint density at radius 3 is 2.75 bits per heavy atom. The highest BCUT2D eigenvalue weighted by atomic mass is 32.2. The molecule has 16 heavy (non-hydrogen) atoms. The van der Waals surface area contributed by atoms with Gasteiger partial charge in [0, 0.05) is 18.5 Å². The Bertz CT molecular complexity index is 409. The summed E-state index contributed by atoms with van der Waals surface area (Å²) in [6.45, 7) is 2.40. The summed E-state index contributed by atoms with van der Waals surface area (Å²) >= 11 is 0. The molecule has 0 fully saturated rings. The lowest BCUT2D eigenvalue weighted by Gasteiger charge is -2.13. The van der Waals surface area contributed by atoms with Crippen LogP contribution >= 0.6 is 0 Å². The van der Waals surface area contributed by atoms with Crippen molar-refractivity contribution < 1.29 is 13.4 Å². The summed E-state index contributed by atoms with van der Waals surface area (Å²) in [7, 11) is 0.167. The van der Waals surface area contributed by atoms with Crippen molar-refractivity contribution in [1.82, 2.24) is 4.90 Å². The standard InChI is InChI=1S/C11H14FNO2S/c1-3-13(2)11(14)8-16(15)10-6-4-5-9(12)7-10/h4-7H,3,8H2,1-2H3. The molecule has 1 atom stereocenters. The van der Waals surface area contributed by atoms with Gasteiger partial charge in [-0.25, -0.2) is 4.39 Å². The summed E-state index contributed by atoms with van der Waals surface area (Å²) in [4.78, 5) is 13.3. The van der Waals surface area contributed by atoms with Crippen molar-refractivity contribution in [2.24, 2.45) is 0 Å². The predicted molar refractivity (Wildman–Crippen MR) is 61.0 cm³/mol. The Labute approximate surface area is 96.7 Å². The summed E-state index contributed by atoms with van der Waals surface area (Å²) in [5.41, 5.74) is 0. The molecule has 0 aliphatic carbocycles. The molecule has 1 aromatic carbocycles. The van der Waals surface area contributed by atoms with E-state index in [4.69, 9.17) is 0 Å². The molecule has 5 heteroatoms. The molecule has 0 N–H and O–H groups in total. The third kappa shape index (κ3) is 3.41. The van der Waals surface area contributed by atoms with Gasteiger partial charge in [-0.1, -0.05) is 6.07 Å². The first-order chi connectivity index (χ1) is 7.54. The van der Waals surface area contributed by atoms with Crippen LogP contribution in [0.5, 0.6) is 0 Å². The molecule has 0 saturated heterocycles. The Kier molecular flexibility index (Phi) is 4.61. The Hall–Kier alpha value is -1.23. The van der Waals surface area contributed by atoms with E-state index >= 15 is 0 Å². The number of carbonyl (C=O) groups excluding carboxylic acids is 1. The molecule has 0 radical (unpaired) electrons. The van der Waals surface area contributed by atoms with Gasteiger partial charge >= 0.3 is 0 Å². The van der Waals surface area contributed by atoms with Gasteiger partial charge < -0.3 is 4.90 Å². The summed E-state index contributed by atoms with van der Waals surface area (Å²) in [5, 5.41) is 0. The summed E-state index contributed by atoms with van der Waals surface area (Å²) in [5.74, 6) is -0.749. The maximum atomic E-state index is 12.9. The topological polar surface area (TPSA) is 37.4 Å². The largest absolute Gasteiger partial charge is 0.345 e. The molecule has 1 aromatic rings. The molecule has 0 aromatic heterocycles. The van der Waals surface area contributed by atoms with Gasteiger partial charge in [0.15, 0.2) is 0 Å². The number of carbonyl (C=O) groups is 1. The van der Waals surface area contributed by atoms with Crippen LogP contribution in [0.1, 0.15) is 6.92 Å². The average molecular weight is 243 g/mol. The van der Waals surface area contributed by atoms with E-state index in [2.05, 4.69) is 0 Å². The van der Waals surface area contributed by atoms with Gasteiger partial charge in [-0.3, -0.25) is 9.00 Å². The number of hydrogen-bond donors (Lipinski definition) is 0. The van der Waals surface area contributed by atoms with Crippen LogP contribution in [0.15, 0.2) is 29.2 Å². The van der Waals surface area contributed by atoms with Crippen LogP contribution in [-0.4, -0.2) is 34.4 Å². The van der Waals surface area contributed by atoms with Crippen LogP contribution in [0.2, 0.25) is 0 Å². The van der Waals surface area contributed by atoms with Gasteiger partial charge in [0.1, 0.15) is 11.6 Å². The number of amides is 1. The van der Waals surface area contributed by atoms with Gasteiger partial charge in [-0.15, -0.1) is 0 Å². The number of benzene rings is 1. The smallest absolute Gasteiger partial charge is 0.235 e. The molecule has 1 amide bonds. The third-order valence-electron chi connectivity index (χ3n) is 2.21. The van der Waals surface area contributed by atoms with E-state index in [0.717, 1.165) is 0 Å². The zero-order chi connectivity index (χ0) is 12.1. The molecule has 0 spiro atoms. The molecule has 0 aliphatic rings. The lowest BCUT2D eigenvalue weighted by molar-refractivity contribution is -0.126. The van der Waals surface area contributed by atoms with Gasteiger partial charge in [-0.2, -0.15) is 0 Å². The normalized spacial score (nSPS) is 12.2. The minimum Gasteiger partial charge on any atom is -0.345 e. The quantitative estimate of drug-likeness (QED) is 0.802. The van der Waals surface area contributed by atoms with Gasteiger partial charge in [-0.05, 0) is 25.1 Å². The van der Waals surface area contributed by atoms with Crippen LogP contribution in [0.25, 0.3) is 0 Å². The fourth-order valence-corrected chi connectivity index (χ4v) is 2.18. The number of rotatable bonds is 4. The number of nitrogens with zero attached hydrogens (tertiary/aromatic N) is 1. The molecule has 0 saturated carbocycles. The number of hydrogen-bond acceptors (Lipinski definition) is 2. The van der Waals surface area contributed by atoms with E-state index in [1.165, 1.54) is 23.1 Å². The van der Waals surface area contributed by atoms with Crippen LogP contribution in [0.3, 0.4) is 0 Å². The molecule has 3 nitrogen and oxygen atoms in total. The summed E-state index contributed by atoms with van der Waals surface area (Å²) < 4.78 is 24.6. The minimum atomic E-state index is -1.48. The Balaban J connectivity index is 2.69. The first-order valence-corrected chi connectivity index (χ1v) is 6.24. The number of halogens is 1. The fraction of sp³-hybridized carbons (Fsp3) is 0.364. The minimum absolute atomic E-state index is 0.103. The average Bonchev–Trinajstić information content (AvgIpc) is 2.27. The summed E-state index contributed by atoms with van der Waals surface area (Å²) in [6, 6.07) is 5.50. The predicted octanol–water partition coefficient (Wildman–Crippen LogP) is 1.41. The molecule has 88 valence electrons. The molecule has 0 heterocycles. The Morgan fingerprint density at radius 2 is 2.19 bits per heavy atom. The molecule has 0 aliphatic heterocycles. The first kappa shape index (κ1) is 12.8. The van der Waals surface area contributed by atoms with E-state index in [-0.39, 0.29) is 11.7 Å². The van der Waals surface area contributed by atoms with Crippen LogP contribution < -0.4 is 0 Å². The maximum absolute atomic E-state index is 12.9. The molecule has 1 rings (SSSR count). The van der Waals surface area contributed by atoms with E-state index in [1.807, 2.05) is 6.92 Å². The lowest BCUT2D eigenvalue weighted by Crippen LogP contribution is -2.30. The SMILES string of the molecule is CCN(C)C(=O)CS(=O)c1cccc(F)c1. The monoisotopic (exact) mass is 243 g/mol. The molecule has 0 bridgehead atoms. The van der Waals surface area contributed by atoms with Gasteiger partial charge in [0.2, 0.25) is 5.91 Å². The van der Waals surface area contributed by atoms with Crippen LogP contribution in [0, 0.1) is 5.82 Å². The fourth-order valence-electron chi connectivity index (χ4n) is 1.09. The highest BCUT2D eigenvalue weighted by Crippen LogP contribution is 2.09. The molecular formula is C11H14FNO2S. The second-order valence-corrected chi connectivity index (χ2v) is 4.81. The third-order valence-corrected chi connectivity index (χ3v) is 3.50. The lowest BCUT2D eigenvalue weighted by atomic mass is 10.4. The second-order valence-electron chi connectivity index (χ2n) is 3.36. The van der Waals surface area contributed by atoms with E-state index in [9.17, 15) is 13.4 Å². The van der Waals surface area contributed by atoms with Crippen LogP contribution in [0.4, 0.5) is 4.39 Å². The highest BCUT2D eigenvalue weighted by Gasteiger charge is 2.13. The first-order valence-electron chi connectivity index (χ1n) is 4.92. The molecular weight excluding hydrogens is 229 g/mol. The maximum Gasteiger partial charge on any atom is 0.235 e. The second kappa shape index (κ2) is 5.75. The van der Waals surface area contributed by atoms with Crippen molar-refractivity contribution in [1.29, 1.82) is 0 Å². The Morgan fingerprint density at radius 1 is 1.50 bits per heavy atom. The van der Waals surface area contributed by atoms with Gasteiger partial charge in [0.05, 0.1) is 10.8 Å².